The van der Waals surface area contributed by atoms with Gasteiger partial charge in [0.05, 0.1) is 6.61 Å². The lowest BCUT2D eigenvalue weighted by Crippen LogP contribution is -2.61. The standard InChI is InChI=1S/C67H118O12/c1-4-7-10-13-16-19-22-25-27-29-30-32-33-36-38-41-44-47-50-53-59(68)75-56-58(77-60(69)54-51-48-45-42-40-37-34-31-28-26-23-20-17-14-11-8-5-2)57-76-67-65(63(72)62(71)64(79-67)66(73)74)78-61(70)55-52-49-46-43-39-35-24-21-18-15-12-9-6-3/h16,19,21,24-28,58,62-65,67,71-72H,4-15,17-18,20,22-23,29-57H2,1-3H3,(H,73,74)/b19-16-,24-21-,27-25-,28-26-. The van der Waals surface area contributed by atoms with Crippen LogP contribution in [0.15, 0.2) is 48.6 Å². The van der Waals surface area contributed by atoms with Crippen molar-refractivity contribution in [2.75, 3.05) is 13.2 Å². The Morgan fingerprint density at radius 1 is 0.418 bits per heavy atom. The zero-order chi connectivity index (χ0) is 57.5. The number of ether oxygens (including phenoxy) is 5. The molecule has 1 fully saturated rings. The number of hydrogen-bond donors (Lipinski definition) is 3. The minimum Gasteiger partial charge on any atom is -0.479 e. The average Bonchev–Trinajstić information content (AvgIpc) is 3.44. The molecule has 458 valence electrons. The molecule has 1 rings (SSSR count). The zero-order valence-corrected chi connectivity index (χ0v) is 50.6. The number of allylic oxidation sites excluding steroid dienone is 8. The molecule has 0 bridgehead atoms. The van der Waals surface area contributed by atoms with Crippen molar-refractivity contribution in [2.24, 2.45) is 0 Å². The van der Waals surface area contributed by atoms with E-state index < -0.39 is 67.3 Å². The third-order valence-corrected chi connectivity index (χ3v) is 14.8. The molecule has 1 aliphatic rings. The molecule has 79 heavy (non-hydrogen) atoms. The molecule has 12 heteroatoms. The third-order valence-electron chi connectivity index (χ3n) is 14.8. The number of rotatable bonds is 56. The number of hydrogen-bond acceptors (Lipinski definition) is 11. The van der Waals surface area contributed by atoms with E-state index in [1.165, 1.54) is 141 Å². The molecule has 6 atom stereocenters. The van der Waals surface area contributed by atoms with Gasteiger partial charge in [0.15, 0.2) is 24.6 Å². The minimum atomic E-state index is -1.91. The van der Waals surface area contributed by atoms with Crippen LogP contribution < -0.4 is 0 Å². The van der Waals surface area contributed by atoms with Gasteiger partial charge in [0.2, 0.25) is 0 Å². The monoisotopic (exact) mass is 1110 g/mol. The van der Waals surface area contributed by atoms with E-state index in [1.54, 1.807) is 0 Å². The van der Waals surface area contributed by atoms with E-state index in [-0.39, 0.29) is 25.9 Å². The highest BCUT2D eigenvalue weighted by Gasteiger charge is 2.50. The van der Waals surface area contributed by atoms with Crippen LogP contribution in [0.1, 0.15) is 303 Å². The fourth-order valence-electron chi connectivity index (χ4n) is 9.80. The normalized spacial score (nSPS) is 18.1. The van der Waals surface area contributed by atoms with Crippen LogP contribution in [0.3, 0.4) is 0 Å². The largest absolute Gasteiger partial charge is 0.479 e. The molecule has 0 aromatic rings. The van der Waals surface area contributed by atoms with Crippen molar-refractivity contribution >= 4 is 23.9 Å². The summed E-state index contributed by atoms with van der Waals surface area (Å²) in [5.41, 5.74) is 0. The molecule has 0 amide bonds. The molecule has 0 aromatic carbocycles. The molecule has 0 aliphatic carbocycles. The molecule has 12 nitrogen and oxygen atoms in total. The Morgan fingerprint density at radius 2 is 0.759 bits per heavy atom. The van der Waals surface area contributed by atoms with E-state index in [2.05, 4.69) is 69.4 Å². The Hall–Kier alpha value is -3.32. The number of aliphatic hydroxyl groups excluding tert-OH is 2. The Labute approximate surface area is 482 Å². The van der Waals surface area contributed by atoms with E-state index in [1.807, 2.05) is 0 Å². The molecule has 6 unspecified atom stereocenters. The second-order valence-electron chi connectivity index (χ2n) is 22.4. The summed E-state index contributed by atoms with van der Waals surface area (Å²) in [4.78, 5) is 51.3. The van der Waals surface area contributed by atoms with Crippen LogP contribution >= 0.6 is 0 Å². The third kappa shape index (κ3) is 45.0. The van der Waals surface area contributed by atoms with Gasteiger partial charge in [-0.25, -0.2) is 4.79 Å². The zero-order valence-electron chi connectivity index (χ0n) is 50.6. The number of carboxylic acids is 1. The first-order valence-corrected chi connectivity index (χ1v) is 32.6. The second-order valence-corrected chi connectivity index (χ2v) is 22.4. The quantitative estimate of drug-likeness (QED) is 0.0228. The Balaban J connectivity index is 2.65. The van der Waals surface area contributed by atoms with Gasteiger partial charge in [0.1, 0.15) is 18.8 Å². The number of esters is 3. The Bertz CT molecular complexity index is 1560. The van der Waals surface area contributed by atoms with Gasteiger partial charge in [-0.05, 0) is 103 Å². The van der Waals surface area contributed by atoms with Crippen molar-refractivity contribution in [1.29, 1.82) is 0 Å². The lowest BCUT2D eigenvalue weighted by atomic mass is 9.98. The number of aliphatic hydroxyl groups is 2. The van der Waals surface area contributed by atoms with Crippen LogP contribution in [0.25, 0.3) is 0 Å². The van der Waals surface area contributed by atoms with Gasteiger partial charge in [0.25, 0.3) is 0 Å². The number of unbranched alkanes of at least 4 members (excludes halogenated alkanes) is 34. The van der Waals surface area contributed by atoms with Gasteiger partial charge in [0, 0.05) is 19.3 Å². The van der Waals surface area contributed by atoms with Crippen LogP contribution in [0.2, 0.25) is 0 Å². The van der Waals surface area contributed by atoms with Crippen molar-refractivity contribution in [3.63, 3.8) is 0 Å². The van der Waals surface area contributed by atoms with Crippen molar-refractivity contribution in [3.8, 4) is 0 Å². The predicted octanol–water partition coefficient (Wildman–Crippen LogP) is 17.3. The second kappa shape index (κ2) is 55.2. The molecular formula is C67H118O12. The Kier molecular flexibility index (Phi) is 51.5. The van der Waals surface area contributed by atoms with Crippen LogP contribution in [0.5, 0.6) is 0 Å². The maximum atomic E-state index is 13.2. The van der Waals surface area contributed by atoms with E-state index >= 15 is 0 Å². The number of carbonyl (C=O) groups excluding carboxylic acids is 3. The van der Waals surface area contributed by atoms with Crippen LogP contribution in [-0.2, 0) is 42.9 Å². The lowest BCUT2D eigenvalue weighted by molar-refractivity contribution is -0.301. The summed E-state index contributed by atoms with van der Waals surface area (Å²) in [7, 11) is 0. The summed E-state index contributed by atoms with van der Waals surface area (Å²) in [6.45, 7) is 5.97. The van der Waals surface area contributed by atoms with Gasteiger partial charge in [-0.2, -0.15) is 0 Å². The molecule has 1 saturated heterocycles. The maximum absolute atomic E-state index is 13.2. The fraction of sp³-hybridized carbons (Fsp3) is 0.821. The highest BCUT2D eigenvalue weighted by Crippen LogP contribution is 2.27. The maximum Gasteiger partial charge on any atom is 0.335 e. The molecule has 0 aromatic heterocycles. The van der Waals surface area contributed by atoms with Crippen molar-refractivity contribution < 1.29 is 58.2 Å². The first-order valence-electron chi connectivity index (χ1n) is 32.6. The van der Waals surface area contributed by atoms with Gasteiger partial charge in [-0.1, -0.05) is 230 Å². The summed E-state index contributed by atoms with van der Waals surface area (Å²) >= 11 is 0. The molecule has 0 radical (unpaired) electrons. The van der Waals surface area contributed by atoms with Gasteiger partial charge in [-0.15, -0.1) is 0 Å². The highest BCUT2D eigenvalue weighted by atomic mass is 16.7. The first-order chi connectivity index (χ1) is 38.6. The molecule has 1 heterocycles. The summed E-state index contributed by atoms with van der Waals surface area (Å²) < 4.78 is 28.5. The lowest BCUT2D eigenvalue weighted by Gasteiger charge is -2.40. The first kappa shape index (κ1) is 73.7. The highest BCUT2D eigenvalue weighted by molar-refractivity contribution is 5.74. The van der Waals surface area contributed by atoms with Crippen LogP contribution in [0.4, 0.5) is 0 Å². The predicted molar refractivity (Wildman–Crippen MR) is 322 cm³/mol. The van der Waals surface area contributed by atoms with Crippen LogP contribution in [-0.4, -0.2) is 89.2 Å². The van der Waals surface area contributed by atoms with E-state index in [0.717, 1.165) is 103 Å². The summed E-state index contributed by atoms with van der Waals surface area (Å²) in [6, 6.07) is 0. The molecular weight excluding hydrogens is 997 g/mol. The topological polar surface area (TPSA) is 175 Å². The molecule has 0 spiro atoms. The fourth-order valence-corrected chi connectivity index (χ4v) is 9.80. The summed E-state index contributed by atoms with van der Waals surface area (Å²) in [5, 5.41) is 31.5. The minimum absolute atomic E-state index is 0.0511. The number of carboxylic acid groups (broad SMARTS) is 1. The smallest absolute Gasteiger partial charge is 0.335 e. The average molecular weight is 1120 g/mol. The molecule has 0 saturated carbocycles. The van der Waals surface area contributed by atoms with Gasteiger partial charge >= 0.3 is 23.9 Å². The van der Waals surface area contributed by atoms with Crippen molar-refractivity contribution in [2.45, 2.75) is 340 Å². The van der Waals surface area contributed by atoms with E-state index in [0.29, 0.717) is 19.3 Å². The van der Waals surface area contributed by atoms with Gasteiger partial charge in [-0.3, -0.25) is 14.4 Å². The summed E-state index contributed by atoms with van der Waals surface area (Å²) in [5.74, 6) is -3.12. The van der Waals surface area contributed by atoms with Gasteiger partial charge < -0.3 is 39.0 Å². The number of aliphatic carboxylic acids is 1. The van der Waals surface area contributed by atoms with Crippen molar-refractivity contribution in [3.05, 3.63) is 48.6 Å². The van der Waals surface area contributed by atoms with Crippen LogP contribution in [0, 0.1) is 0 Å². The molecule has 1 aliphatic heterocycles. The SMILES string of the molecule is CCCCC/C=C\C/C=C\CCCCCCCCCCCC(=O)OCC(COC1OC(C(=O)O)C(O)C(O)C1OC(=O)CCCCCCC/C=C\CCCCCC)OC(=O)CCCCCCCCC/C=C\CCCCCCCC. The molecule has 3 N–H and O–H groups in total. The number of carbonyl (C=O) groups is 4. The van der Waals surface area contributed by atoms with E-state index in [4.69, 9.17) is 23.7 Å². The van der Waals surface area contributed by atoms with E-state index in [9.17, 15) is 34.5 Å². The van der Waals surface area contributed by atoms with Crippen molar-refractivity contribution in [1.82, 2.24) is 0 Å². The Morgan fingerprint density at radius 3 is 1.19 bits per heavy atom. The summed E-state index contributed by atoms with van der Waals surface area (Å²) in [6.07, 6.45) is 55.0.